The molecule has 1 fully saturated rings. The van der Waals surface area contributed by atoms with Crippen LogP contribution in [0.2, 0.25) is 0 Å². The number of hydrogen-bond donors (Lipinski definition) is 2. The van der Waals surface area contributed by atoms with E-state index in [1.165, 1.54) is 16.8 Å². The molecule has 2 N–H and O–H groups in total. The second-order valence-electron chi connectivity index (χ2n) is 6.17. The Balaban J connectivity index is 1.61. The van der Waals surface area contributed by atoms with Crippen LogP contribution < -0.4 is 10.6 Å². The summed E-state index contributed by atoms with van der Waals surface area (Å²) >= 11 is 0. The van der Waals surface area contributed by atoms with Crippen LogP contribution in [0.5, 0.6) is 0 Å². The van der Waals surface area contributed by atoms with Gasteiger partial charge in [0, 0.05) is 44.5 Å². The predicted octanol–water partition coefficient (Wildman–Crippen LogP) is 3.66. The highest BCUT2D eigenvalue weighted by Crippen LogP contribution is 2.25. The molecule has 0 amide bonds. The molecule has 1 atom stereocenters. The number of benzene rings is 2. The van der Waals surface area contributed by atoms with Gasteiger partial charge in [-0.15, -0.1) is 0 Å². The van der Waals surface area contributed by atoms with E-state index >= 15 is 0 Å². The summed E-state index contributed by atoms with van der Waals surface area (Å²) in [6.45, 7) is 7.66. The van der Waals surface area contributed by atoms with Gasteiger partial charge in [0.1, 0.15) is 0 Å². The van der Waals surface area contributed by atoms with Gasteiger partial charge >= 0.3 is 0 Å². The van der Waals surface area contributed by atoms with Crippen molar-refractivity contribution in [2.75, 3.05) is 31.5 Å². The normalized spacial score (nSPS) is 16.9. The maximum Gasteiger partial charge on any atom is 0.0400 e. The molecule has 2 aromatic rings. The van der Waals surface area contributed by atoms with Crippen molar-refractivity contribution < 1.29 is 0 Å². The van der Waals surface area contributed by atoms with Crippen molar-refractivity contribution in [1.29, 1.82) is 0 Å². The van der Waals surface area contributed by atoms with Crippen LogP contribution in [0.4, 0.5) is 5.69 Å². The molecule has 23 heavy (non-hydrogen) atoms. The van der Waals surface area contributed by atoms with Gasteiger partial charge < -0.3 is 10.6 Å². The first-order valence-corrected chi connectivity index (χ1v) is 8.69. The van der Waals surface area contributed by atoms with E-state index in [1.54, 1.807) is 0 Å². The SMILES string of the molecule is CC[C@H](c1ccc(NCc2ccccc2)cc1)N1CCNCC1. The lowest BCUT2D eigenvalue weighted by molar-refractivity contribution is 0.169. The average Bonchev–Trinajstić information content (AvgIpc) is 2.63. The number of anilines is 1. The van der Waals surface area contributed by atoms with Crippen LogP contribution in [-0.4, -0.2) is 31.1 Å². The lowest BCUT2D eigenvalue weighted by Gasteiger charge is -2.34. The fraction of sp³-hybridized carbons (Fsp3) is 0.400. The standard InChI is InChI=1S/C20H27N3/c1-2-20(23-14-12-21-13-15-23)18-8-10-19(11-9-18)22-16-17-6-4-3-5-7-17/h3-11,20-22H,2,12-16H2,1H3/t20-/m1/s1. The molecule has 3 heteroatoms. The van der Waals surface area contributed by atoms with E-state index in [9.17, 15) is 0 Å². The predicted molar refractivity (Wildman–Crippen MR) is 97.7 cm³/mol. The first kappa shape index (κ1) is 16.0. The summed E-state index contributed by atoms with van der Waals surface area (Å²) in [5.41, 5.74) is 3.93. The lowest BCUT2D eigenvalue weighted by Crippen LogP contribution is -2.45. The Bertz CT molecular complexity index is 574. The van der Waals surface area contributed by atoms with Gasteiger partial charge in [0.05, 0.1) is 0 Å². The maximum absolute atomic E-state index is 3.50. The van der Waals surface area contributed by atoms with Gasteiger partial charge in [-0.1, -0.05) is 49.4 Å². The summed E-state index contributed by atoms with van der Waals surface area (Å²) in [4.78, 5) is 2.60. The summed E-state index contributed by atoms with van der Waals surface area (Å²) in [5, 5.41) is 6.94. The molecule has 0 aromatic heterocycles. The highest BCUT2D eigenvalue weighted by atomic mass is 15.2. The molecule has 1 saturated heterocycles. The molecule has 0 bridgehead atoms. The van der Waals surface area contributed by atoms with Crippen LogP contribution in [0, 0.1) is 0 Å². The van der Waals surface area contributed by atoms with Crippen molar-refractivity contribution in [3.05, 3.63) is 65.7 Å². The van der Waals surface area contributed by atoms with E-state index in [-0.39, 0.29) is 0 Å². The van der Waals surface area contributed by atoms with E-state index in [4.69, 9.17) is 0 Å². The summed E-state index contributed by atoms with van der Waals surface area (Å²) in [6.07, 6.45) is 1.16. The van der Waals surface area contributed by atoms with E-state index < -0.39 is 0 Å². The van der Waals surface area contributed by atoms with Gasteiger partial charge in [-0.3, -0.25) is 4.90 Å². The smallest absolute Gasteiger partial charge is 0.0400 e. The molecule has 1 aliphatic heterocycles. The first-order chi connectivity index (χ1) is 11.4. The minimum absolute atomic E-state index is 0.542. The molecule has 3 nitrogen and oxygen atoms in total. The van der Waals surface area contributed by atoms with Gasteiger partial charge in [0.25, 0.3) is 0 Å². The minimum Gasteiger partial charge on any atom is -0.381 e. The number of piperazine rings is 1. The molecule has 1 aliphatic rings. The Morgan fingerprint density at radius 3 is 2.35 bits per heavy atom. The average molecular weight is 309 g/mol. The van der Waals surface area contributed by atoms with E-state index in [1.807, 2.05) is 0 Å². The Labute approximate surface area is 139 Å². The Morgan fingerprint density at radius 2 is 1.70 bits per heavy atom. The van der Waals surface area contributed by atoms with E-state index in [2.05, 4.69) is 77.1 Å². The van der Waals surface area contributed by atoms with Crippen LogP contribution >= 0.6 is 0 Å². The Kier molecular flexibility index (Phi) is 5.67. The molecule has 1 heterocycles. The Morgan fingerprint density at radius 1 is 1.00 bits per heavy atom. The molecule has 0 saturated carbocycles. The zero-order valence-corrected chi connectivity index (χ0v) is 14.0. The number of nitrogens with zero attached hydrogens (tertiary/aromatic N) is 1. The lowest BCUT2D eigenvalue weighted by atomic mass is 10.0. The minimum atomic E-state index is 0.542. The fourth-order valence-electron chi connectivity index (χ4n) is 3.32. The molecule has 2 aromatic carbocycles. The zero-order chi connectivity index (χ0) is 15.9. The van der Waals surface area contributed by atoms with Crippen LogP contribution in [0.15, 0.2) is 54.6 Å². The van der Waals surface area contributed by atoms with Gasteiger partial charge in [-0.05, 0) is 29.7 Å². The second kappa shape index (κ2) is 8.14. The van der Waals surface area contributed by atoms with Crippen LogP contribution in [0.3, 0.4) is 0 Å². The summed E-state index contributed by atoms with van der Waals surface area (Å²) in [7, 11) is 0. The fourth-order valence-corrected chi connectivity index (χ4v) is 3.32. The van der Waals surface area contributed by atoms with Crippen molar-refractivity contribution in [3.8, 4) is 0 Å². The molecule has 0 spiro atoms. The van der Waals surface area contributed by atoms with Gasteiger partial charge in [0.2, 0.25) is 0 Å². The summed E-state index contributed by atoms with van der Waals surface area (Å²) < 4.78 is 0. The number of rotatable bonds is 6. The molecule has 122 valence electrons. The molecule has 3 rings (SSSR count). The van der Waals surface area contributed by atoms with Crippen LogP contribution in [0.25, 0.3) is 0 Å². The molecule has 0 unspecified atom stereocenters. The van der Waals surface area contributed by atoms with Crippen LogP contribution in [-0.2, 0) is 6.54 Å². The highest BCUT2D eigenvalue weighted by molar-refractivity contribution is 5.45. The van der Waals surface area contributed by atoms with Crippen molar-refractivity contribution in [2.24, 2.45) is 0 Å². The van der Waals surface area contributed by atoms with Crippen molar-refractivity contribution in [3.63, 3.8) is 0 Å². The maximum atomic E-state index is 3.50. The number of nitrogens with one attached hydrogen (secondary N) is 2. The third-order valence-corrected chi connectivity index (χ3v) is 4.61. The molecular formula is C20H27N3. The number of hydrogen-bond acceptors (Lipinski definition) is 3. The zero-order valence-electron chi connectivity index (χ0n) is 14.0. The van der Waals surface area contributed by atoms with Gasteiger partial charge in [0.15, 0.2) is 0 Å². The second-order valence-corrected chi connectivity index (χ2v) is 6.17. The highest BCUT2D eigenvalue weighted by Gasteiger charge is 2.20. The van der Waals surface area contributed by atoms with Crippen molar-refractivity contribution in [1.82, 2.24) is 10.2 Å². The van der Waals surface area contributed by atoms with E-state index in [0.717, 1.165) is 39.1 Å². The monoisotopic (exact) mass is 309 g/mol. The van der Waals surface area contributed by atoms with Gasteiger partial charge in [-0.2, -0.15) is 0 Å². The van der Waals surface area contributed by atoms with E-state index in [0.29, 0.717) is 6.04 Å². The summed E-state index contributed by atoms with van der Waals surface area (Å²) in [5.74, 6) is 0. The topological polar surface area (TPSA) is 27.3 Å². The third kappa shape index (κ3) is 4.34. The van der Waals surface area contributed by atoms with Crippen molar-refractivity contribution in [2.45, 2.75) is 25.9 Å². The molecule has 0 radical (unpaired) electrons. The van der Waals surface area contributed by atoms with Gasteiger partial charge in [-0.25, -0.2) is 0 Å². The molecular weight excluding hydrogens is 282 g/mol. The van der Waals surface area contributed by atoms with Crippen LogP contribution in [0.1, 0.15) is 30.5 Å². The first-order valence-electron chi connectivity index (χ1n) is 8.69. The third-order valence-electron chi connectivity index (χ3n) is 4.61. The largest absolute Gasteiger partial charge is 0.381 e. The summed E-state index contributed by atoms with van der Waals surface area (Å²) in [6, 6.07) is 20.1. The van der Waals surface area contributed by atoms with Crippen molar-refractivity contribution >= 4 is 5.69 Å². The molecule has 0 aliphatic carbocycles. The quantitative estimate of drug-likeness (QED) is 0.853. The Hall–Kier alpha value is -1.84.